The van der Waals surface area contributed by atoms with Crippen molar-refractivity contribution in [1.29, 1.82) is 0 Å². The normalized spacial score (nSPS) is 20.4. The van der Waals surface area contributed by atoms with Crippen LogP contribution in [0.2, 0.25) is 0 Å². The molecule has 1 aromatic carbocycles. The summed E-state index contributed by atoms with van der Waals surface area (Å²) >= 11 is 0. The molecule has 0 saturated heterocycles. The average Bonchev–Trinajstić information content (AvgIpc) is 2.71. The monoisotopic (exact) mass is 311 g/mol. The maximum atomic E-state index is 12.3. The van der Waals surface area contributed by atoms with Gasteiger partial charge in [0.2, 0.25) is 0 Å². The lowest BCUT2D eigenvalue weighted by molar-refractivity contribution is -0.134. The van der Waals surface area contributed by atoms with Crippen LogP contribution in [0.5, 0.6) is 0 Å². The second-order valence-electron chi connectivity index (χ2n) is 5.48. The van der Waals surface area contributed by atoms with Gasteiger partial charge in [0.05, 0.1) is 17.4 Å². The van der Waals surface area contributed by atoms with Crippen LogP contribution in [-0.4, -0.2) is 35.8 Å². The Hall–Kier alpha value is -2.89. The summed E-state index contributed by atoms with van der Waals surface area (Å²) in [7, 11) is 1.94. The van der Waals surface area contributed by atoms with E-state index in [1.165, 1.54) is 6.92 Å². The summed E-state index contributed by atoms with van der Waals surface area (Å²) in [6.07, 6.45) is 1.85. The molecule has 6 heteroatoms. The van der Waals surface area contributed by atoms with Crippen molar-refractivity contribution in [2.24, 2.45) is 4.99 Å². The van der Waals surface area contributed by atoms with Crippen molar-refractivity contribution < 1.29 is 14.3 Å². The topological polar surface area (TPSA) is 71.0 Å². The third-order valence-electron chi connectivity index (χ3n) is 3.85. The maximum absolute atomic E-state index is 12.3. The van der Waals surface area contributed by atoms with Gasteiger partial charge in [0, 0.05) is 31.3 Å². The van der Waals surface area contributed by atoms with Crippen LogP contribution < -0.4 is 5.32 Å². The second kappa shape index (κ2) is 5.72. The first kappa shape index (κ1) is 15.0. The van der Waals surface area contributed by atoms with Crippen molar-refractivity contribution >= 4 is 23.5 Å². The van der Waals surface area contributed by atoms with E-state index in [-0.39, 0.29) is 11.9 Å². The van der Waals surface area contributed by atoms with Crippen LogP contribution >= 0.6 is 0 Å². The van der Waals surface area contributed by atoms with E-state index < -0.39 is 11.9 Å². The summed E-state index contributed by atoms with van der Waals surface area (Å²) in [4.78, 5) is 29.9. The van der Waals surface area contributed by atoms with Crippen LogP contribution in [0.15, 0.2) is 52.8 Å². The molecule has 6 nitrogen and oxygen atoms in total. The molecule has 2 aliphatic heterocycles. The number of carbonyl (C=O) groups is 2. The van der Waals surface area contributed by atoms with Gasteiger partial charge in [-0.2, -0.15) is 0 Å². The fourth-order valence-electron chi connectivity index (χ4n) is 2.65. The molecular formula is C17H17N3O3. The minimum absolute atomic E-state index is 0.0425. The van der Waals surface area contributed by atoms with Gasteiger partial charge in [-0.05, 0) is 6.92 Å². The average molecular weight is 311 g/mol. The predicted octanol–water partition coefficient (Wildman–Crippen LogP) is 1.66. The minimum atomic E-state index is -0.581. The molecular weight excluding hydrogens is 294 g/mol. The van der Waals surface area contributed by atoms with Gasteiger partial charge in [-0.15, -0.1) is 0 Å². The smallest absolute Gasteiger partial charge is 0.311 e. The van der Waals surface area contributed by atoms with E-state index in [2.05, 4.69) is 10.3 Å². The molecule has 1 atom stereocenters. The zero-order chi connectivity index (χ0) is 16.6. The number of amides is 1. The van der Waals surface area contributed by atoms with Gasteiger partial charge >= 0.3 is 11.9 Å². The first-order valence-corrected chi connectivity index (χ1v) is 7.29. The molecule has 0 aromatic heterocycles. The zero-order valence-corrected chi connectivity index (χ0v) is 13.2. The first-order valence-electron chi connectivity index (χ1n) is 7.29. The first-order chi connectivity index (χ1) is 11.0. The quantitative estimate of drug-likeness (QED) is 0.801. The number of hydrogen-bond donors (Lipinski definition) is 1. The SMILES string of the molecule is CC(=O)OC1=NC(c2ccccc2)=C2C(=CN(C)C2C)NC1=O. The van der Waals surface area contributed by atoms with E-state index in [1.54, 1.807) is 0 Å². The largest absolute Gasteiger partial charge is 0.402 e. The minimum Gasteiger partial charge on any atom is -0.402 e. The fraction of sp³-hybridized carbons (Fsp3) is 0.235. The van der Waals surface area contributed by atoms with E-state index >= 15 is 0 Å². The number of likely N-dealkylation sites (N-methyl/N-ethyl adjacent to an activating group) is 1. The van der Waals surface area contributed by atoms with Crippen molar-refractivity contribution in [3.8, 4) is 0 Å². The van der Waals surface area contributed by atoms with E-state index in [4.69, 9.17) is 4.74 Å². The molecule has 2 heterocycles. The van der Waals surface area contributed by atoms with E-state index in [0.29, 0.717) is 11.4 Å². The Bertz CT molecular complexity index is 763. The molecule has 1 N–H and O–H groups in total. The molecule has 23 heavy (non-hydrogen) atoms. The molecule has 0 bridgehead atoms. The van der Waals surface area contributed by atoms with Crippen molar-refractivity contribution in [2.75, 3.05) is 7.05 Å². The number of nitrogens with one attached hydrogen (secondary N) is 1. The molecule has 0 saturated carbocycles. The summed E-state index contributed by atoms with van der Waals surface area (Å²) in [5.41, 5.74) is 3.06. The van der Waals surface area contributed by atoms with Crippen LogP contribution in [-0.2, 0) is 14.3 Å². The summed E-state index contributed by atoms with van der Waals surface area (Å²) in [6, 6.07) is 9.58. The van der Waals surface area contributed by atoms with E-state index in [0.717, 1.165) is 11.1 Å². The summed E-state index contributed by atoms with van der Waals surface area (Å²) in [5.74, 6) is -1.35. The number of ether oxygens (including phenoxy) is 1. The Morgan fingerprint density at radius 3 is 2.65 bits per heavy atom. The number of nitrogens with zero attached hydrogens (tertiary/aromatic N) is 2. The third-order valence-corrected chi connectivity index (χ3v) is 3.85. The molecule has 1 aromatic rings. The van der Waals surface area contributed by atoms with Crippen molar-refractivity contribution in [2.45, 2.75) is 19.9 Å². The lowest BCUT2D eigenvalue weighted by Crippen LogP contribution is -2.32. The maximum Gasteiger partial charge on any atom is 0.311 e. The molecule has 0 fully saturated rings. The highest BCUT2D eigenvalue weighted by atomic mass is 16.5. The van der Waals surface area contributed by atoms with Gasteiger partial charge in [-0.25, -0.2) is 4.99 Å². The number of carbonyl (C=O) groups excluding carboxylic acids is 2. The standard InChI is InChI=1S/C17H17N3O3/c1-10-14-13(9-20(10)3)18-16(22)17(23-11(2)21)19-15(14)12-7-5-4-6-8-12/h4-10H,1-3H3,(H,18,22). The number of benzene rings is 1. The van der Waals surface area contributed by atoms with Gasteiger partial charge in [0.15, 0.2) is 0 Å². The van der Waals surface area contributed by atoms with Crippen LogP contribution in [0.25, 0.3) is 5.70 Å². The van der Waals surface area contributed by atoms with Crippen LogP contribution in [0, 0.1) is 0 Å². The van der Waals surface area contributed by atoms with Crippen molar-refractivity contribution in [3.63, 3.8) is 0 Å². The molecule has 0 aliphatic carbocycles. The molecule has 2 aliphatic rings. The Labute approximate surface area is 134 Å². The molecule has 0 spiro atoms. The lowest BCUT2D eigenvalue weighted by Gasteiger charge is -2.18. The van der Waals surface area contributed by atoms with Crippen molar-refractivity contribution in [3.05, 3.63) is 53.4 Å². The molecule has 0 radical (unpaired) electrons. The number of fused-ring (bicyclic) bond motifs is 1. The van der Waals surface area contributed by atoms with Gasteiger partial charge in [0.25, 0.3) is 5.90 Å². The number of aliphatic imine (C=N–C) groups is 1. The summed E-state index contributed by atoms with van der Waals surface area (Å²) in [5, 5.41) is 2.77. The fourth-order valence-corrected chi connectivity index (χ4v) is 2.65. The molecule has 1 amide bonds. The van der Waals surface area contributed by atoms with Gasteiger partial charge in [-0.1, -0.05) is 30.3 Å². The highest BCUT2D eigenvalue weighted by Crippen LogP contribution is 2.34. The molecule has 118 valence electrons. The Morgan fingerprint density at radius 2 is 2.00 bits per heavy atom. The molecule has 1 unspecified atom stereocenters. The third kappa shape index (κ3) is 2.75. The van der Waals surface area contributed by atoms with Crippen LogP contribution in [0.3, 0.4) is 0 Å². The predicted molar refractivity (Wildman–Crippen MR) is 86.0 cm³/mol. The molecule has 3 rings (SSSR count). The number of hydrogen-bond acceptors (Lipinski definition) is 5. The Balaban J connectivity index is 2.20. The van der Waals surface area contributed by atoms with Crippen LogP contribution in [0.4, 0.5) is 0 Å². The summed E-state index contributed by atoms with van der Waals surface area (Å²) < 4.78 is 4.99. The van der Waals surface area contributed by atoms with Gasteiger partial charge < -0.3 is 15.0 Å². The van der Waals surface area contributed by atoms with Gasteiger partial charge in [0.1, 0.15) is 0 Å². The highest BCUT2D eigenvalue weighted by Gasteiger charge is 2.33. The Morgan fingerprint density at radius 1 is 1.30 bits per heavy atom. The number of rotatable bonds is 1. The van der Waals surface area contributed by atoms with Crippen molar-refractivity contribution in [1.82, 2.24) is 10.2 Å². The number of esters is 1. The Kier molecular flexibility index (Phi) is 3.73. The van der Waals surface area contributed by atoms with Gasteiger partial charge in [-0.3, -0.25) is 9.59 Å². The zero-order valence-electron chi connectivity index (χ0n) is 13.2. The van der Waals surface area contributed by atoms with Crippen LogP contribution in [0.1, 0.15) is 19.4 Å². The van der Waals surface area contributed by atoms with E-state index in [1.807, 2.05) is 55.4 Å². The lowest BCUT2D eigenvalue weighted by atomic mass is 10.0. The van der Waals surface area contributed by atoms with E-state index in [9.17, 15) is 9.59 Å². The highest BCUT2D eigenvalue weighted by molar-refractivity contribution is 6.38. The summed E-state index contributed by atoms with van der Waals surface area (Å²) in [6.45, 7) is 3.27. The second-order valence-corrected chi connectivity index (χ2v) is 5.48.